The molecule has 0 spiro atoms. The summed E-state index contributed by atoms with van der Waals surface area (Å²) in [6, 6.07) is 0.625. The Labute approximate surface area is 115 Å². The van der Waals surface area contributed by atoms with Crippen LogP contribution < -0.4 is 0 Å². The molecular weight excluding hydrogens is 242 g/mol. The van der Waals surface area contributed by atoms with Crippen molar-refractivity contribution in [1.82, 2.24) is 4.90 Å². The number of hydrogen-bond donors (Lipinski definition) is 0. The molecule has 1 aliphatic carbocycles. The van der Waals surface area contributed by atoms with E-state index in [1.165, 1.54) is 32.1 Å². The summed E-state index contributed by atoms with van der Waals surface area (Å²) < 4.78 is 4.85. The van der Waals surface area contributed by atoms with Gasteiger partial charge in [-0.25, -0.2) is 0 Å². The Morgan fingerprint density at radius 1 is 1.16 bits per heavy atom. The summed E-state index contributed by atoms with van der Waals surface area (Å²) >= 11 is 0. The Kier molecular flexibility index (Phi) is 5.37. The number of nitrogens with zero attached hydrogens (tertiary/aromatic N) is 1. The van der Waals surface area contributed by atoms with Gasteiger partial charge < -0.3 is 4.74 Å². The van der Waals surface area contributed by atoms with Gasteiger partial charge >= 0.3 is 5.97 Å². The zero-order valence-electron chi connectivity index (χ0n) is 11.9. The maximum Gasteiger partial charge on any atom is 0.306 e. The van der Waals surface area contributed by atoms with Crippen LogP contribution in [0.5, 0.6) is 0 Å². The van der Waals surface area contributed by atoms with Crippen molar-refractivity contribution in [3.63, 3.8) is 0 Å². The molecule has 0 aromatic heterocycles. The zero-order valence-corrected chi connectivity index (χ0v) is 11.9. The third kappa shape index (κ3) is 4.03. The molecule has 0 amide bonds. The first-order chi connectivity index (χ1) is 9.20. The Bertz CT molecular complexity index is 329. The Balaban J connectivity index is 1.73. The van der Waals surface area contributed by atoms with E-state index in [0.29, 0.717) is 25.6 Å². The van der Waals surface area contributed by atoms with Gasteiger partial charge in [-0.3, -0.25) is 14.5 Å². The standard InChI is InChI=1S/C15H25NO3/c1-2-19-15(18)9-8-13(17)11-16-10-4-6-12-5-3-7-14(12)16/h12,14H,2-11H2,1H3. The van der Waals surface area contributed by atoms with Crippen LogP contribution in [0.1, 0.15) is 51.9 Å². The fraction of sp³-hybridized carbons (Fsp3) is 0.867. The molecule has 0 aromatic carbocycles. The molecule has 1 aliphatic heterocycles. The lowest BCUT2D eigenvalue weighted by Crippen LogP contribution is -2.45. The van der Waals surface area contributed by atoms with E-state index in [0.717, 1.165) is 12.5 Å². The van der Waals surface area contributed by atoms with Crippen LogP contribution in [0.3, 0.4) is 0 Å². The van der Waals surface area contributed by atoms with Crippen molar-refractivity contribution in [2.45, 2.75) is 57.9 Å². The smallest absolute Gasteiger partial charge is 0.306 e. The minimum atomic E-state index is -0.256. The lowest BCUT2D eigenvalue weighted by Gasteiger charge is -2.37. The largest absolute Gasteiger partial charge is 0.466 e. The molecule has 108 valence electrons. The first kappa shape index (κ1) is 14.5. The van der Waals surface area contributed by atoms with Gasteiger partial charge in [-0.1, -0.05) is 6.42 Å². The van der Waals surface area contributed by atoms with E-state index in [9.17, 15) is 9.59 Å². The number of ketones is 1. The van der Waals surface area contributed by atoms with Crippen LogP contribution >= 0.6 is 0 Å². The van der Waals surface area contributed by atoms with Crippen LogP contribution in [0.4, 0.5) is 0 Å². The molecule has 2 unspecified atom stereocenters. The van der Waals surface area contributed by atoms with Gasteiger partial charge in [0.15, 0.2) is 0 Å². The third-order valence-electron chi connectivity index (χ3n) is 4.40. The number of Topliss-reactive ketones (excluding diaryl/α,β-unsaturated/α-hetero) is 1. The summed E-state index contributed by atoms with van der Waals surface area (Å²) in [7, 11) is 0. The lowest BCUT2D eigenvalue weighted by molar-refractivity contribution is -0.144. The van der Waals surface area contributed by atoms with E-state index in [1.807, 2.05) is 0 Å². The topological polar surface area (TPSA) is 46.6 Å². The van der Waals surface area contributed by atoms with Crippen LogP contribution in [0.2, 0.25) is 0 Å². The predicted octanol–water partition coefficient (Wildman–Crippen LogP) is 2.16. The van der Waals surface area contributed by atoms with E-state index in [4.69, 9.17) is 4.74 Å². The van der Waals surface area contributed by atoms with Crippen LogP contribution in [0, 0.1) is 5.92 Å². The summed E-state index contributed by atoms with van der Waals surface area (Å²) in [5, 5.41) is 0. The molecule has 0 bridgehead atoms. The molecule has 2 aliphatic rings. The monoisotopic (exact) mass is 267 g/mol. The van der Waals surface area contributed by atoms with Crippen molar-refractivity contribution in [2.75, 3.05) is 19.7 Å². The molecule has 1 saturated heterocycles. The third-order valence-corrected chi connectivity index (χ3v) is 4.40. The quantitative estimate of drug-likeness (QED) is 0.692. The van der Waals surface area contributed by atoms with Crippen molar-refractivity contribution in [3.8, 4) is 0 Å². The van der Waals surface area contributed by atoms with Crippen molar-refractivity contribution >= 4 is 11.8 Å². The van der Waals surface area contributed by atoms with E-state index in [2.05, 4.69) is 4.90 Å². The van der Waals surface area contributed by atoms with Gasteiger partial charge in [-0.05, 0) is 45.1 Å². The summed E-state index contributed by atoms with van der Waals surface area (Å²) in [5.74, 6) is 0.737. The maximum atomic E-state index is 12.0. The summed E-state index contributed by atoms with van der Waals surface area (Å²) in [6.45, 7) is 3.75. The zero-order chi connectivity index (χ0) is 13.7. The molecule has 0 aromatic rings. The molecule has 0 N–H and O–H groups in total. The number of rotatable bonds is 6. The minimum Gasteiger partial charge on any atom is -0.466 e. The highest BCUT2D eigenvalue weighted by Gasteiger charge is 2.35. The van der Waals surface area contributed by atoms with Crippen molar-refractivity contribution in [3.05, 3.63) is 0 Å². The first-order valence-electron chi connectivity index (χ1n) is 7.62. The van der Waals surface area contributed by atoms with Crippen LogP contribution in [-0.4, -0.2) is 42.4 Å². The molecule has 1 heterocycles. The number of carbonyl (C=O) groups is 2. The van der Waals surface area contributed by atoms with Gasteiger partial charge in [-0.15, -0.1) is 0 Å². The van der Waals surface area contributed by atoms with Crippen LogP contribution in [-0.2, 0) is 14.3 Å². The second-order valence-corrected chi connectivity index (χ2v) is 5.71. The second-order valence-electron chi connectivity index (χ2n) is 5.71. The number of ether oxygens (including phenoxy) is 1. The van der Waals surface area contributed by atoms with Gasteiger partial charge in [0.2, 0.25) is 0 Å². The van der Waals surface area contributed by atoms with Gasteiger partial charge in [0.05, 0.1) is 19.6 Å². The summed E-state index contributed by atoms with van der Waals surface area (Å²) in [5.41, 5.74) is 0. The van der Waals surface area contributed by atoms with Crippen LogP contribution in [0.25, 0.3) is 0 Å². The number of fused-ring (bicyclic) bond motifs is 1. The maximum absolute atomic E-state index is 12.0. The number of carbonyl (C=O) groups excluding carboxylic acids is 2. The number of piperidine rings is 1. The van der Waals surface area contributed by atoms with Gasteiger partial charge in [0, 0.05) is 12.5 Å². The molecule has 2 rings (SSSR count). The highest BCUT2D eigenvalue weighted by atomic mass is 16.5. The minimum absolute atomic E-state index is 0.181. The normalized spacial score (nSPS) is 27.0. The predicted molar refractivity (Wildman–Crippen MR) is 72.8 cm³/mol. The average molecular weight is 267 g/mol. The molecule has 4 heteroatoms. The molecule has 2 fully saturated rings. The Hall–Kier alpha value is -0.900. The summed E-state index contributed by atoms with van der Waals surface area (Å²) in [6.07, 6.45) is 6.99. The summed E-state index contributed by atoms with van der Waals surface area (Å²) in [4.78, 5) is 25.5. The lowest BCUT2D eigenvalue weighted by atomic mass is 9.91. The van der Waals surface area contributed by atoms with Crippen LogP contribution in [0.15, 0.2) is 0 Å². The molecular formula is C15H25NO3. The van der Waals surface area contributed by atoms with Gasteiger partial charge in [-0.2, -0.15) is 0 Å². The second kappa shape index (κ2) is 7.04. The highest BCUT2D eigenvalue weighted by molar-refractivity contribution is 5.84. The Morgan fingerprint density at radius 3 is 2.74 bits per heavy atom. The molecule has 4 nitrogen and oxygen atoms in total. The van der Waals surface area contributed by atoms with E-state index >= 15 is 0 Å². The van der Waals surface area contributed by atoms with Crippen molar-refractivity contribution in [1.29, 1.82) is 0 Å². The first-order valence-corrected chi connectivity index (χ1v) is 7.62. The number of likely N-dealkylation sites (tertiary alicyclic amines) is 1. The SMILES string of the molecule is CCOC(=O)CCC(=O)CN1CCCC2CCCC21. The number of hydrogen-bond acceptors (Lipinski definition) is 4. The highest BCUT2D eigenvalue weighted by Crippen LogP contribution is 2.36. The van der Waals surface area contributed by atoms with E-state index in [1.54, 1.807) is 6.92 Å². The average Bonchev–Trinajstić information content (AvgIpc) is 2.86. The number of esters is 1. The van der Waals surface area contributed by atoms with Crippen molar-refractivity contribution in [2.24, 2.45) is 5.92 Å². The van der Waals surface area contributed by atoms with Gasteiger partial charge in [0.1, 0.15) is 5.78 Å². The fourth-order valence-corrected chi connectivity index (χ4v) is 3.53. The molecule has 19 heavy (non-hydrogen) atoms. The fourth-order valence-electron chi connectivity index (χ4n) is 3.53. The van der Waals surface area contributed by atoms with E-state index < -0.39 is 0 Å². The van der Waals surface area contributed by atoms with Crippen molar-refractivity contribution < 1.29 is 14.3 Å². The van der Waals surface area contributed by atoms with Gasteiger partial charge in [0.25, 0.3) is 0 Å². The Morgan fingerprint density at radius 2 is 1.95 bits per heavy atom. The van der Waals surface area contributed by atoms with E-state index in [-0.39, 0.29) is 18.2 Å². The molecule has 2 atom stereocenters. The molecule has 0 radical (unpaired) electrons. The molecule has 1 saturated carbocycles.